The summed E-state index contributed by atoms with van der Waals surface area (Å²) in [6.07, 6.45) is 3.54. The van der Waals surface area contributed by atoms with E-state index in [4.69, 9.17) is 20.6 Å². The molecule has 0 spiro atoms. The monoisotopic (exact) mass is 306 g/mol. The van der Waals surface area contributed by atoms with Crippen molar-refractivity contribution in [1.29, 1.82) is 0 Å². The Morgan fingerprint density at radius 2 is 1.82 bits per heavy atom. The van der Waals surface area contributed by atoms with Crippen molar-refractivity contribution in [2.24, 2.45) is 5.41 Å². The van der Waals surface area contributed by atoms with Gasteiger partial charge in [0.25, 0.3) is 0 Å². The standard InChI is InChI=1S/C16H15FO5/c1-4-12-9-16(14(18)20-2,15(19)21-3)13(22-12)10-5-7-11(17)8-6-10/h1,5-8,12-13H,9H2,2-3H3/t12-,13-/m0/s1. The highest BCUT2D eigenvalue weighted by Gasteiger charge is 2.61. The highest BCUT2D eigenvalue weighted by Crippen LogP contribution is 2.49. The third kappa shape index (κ3) is 2.44. The quantitative estimate of drug-likeness (QED) is 0.482. The number of ether oxygens (including phenoxy) is 3. The summed E-state index contributed by atoms with van der Waals surface area (Å²) in [6.45, 7) is 0. The first-order chi connectivity index (χ1) is 10.5. The second-order valence-electron chi connectivity index (χ2n) is 4.88. The Hall–Kier alpha value is -2.39. The summed E-state index contributed by atoms with van der Waals surface area (Å²) in [7, 11) is 2.33. The maximum atomic E-state index is 13.1. The largest absolute Gasteiger partial charge is 0.468 e. The summed E-state index contributed by atoms with van der Waals surface area (Å²) in [4.78, 5) is 24.6. The minimum atomic E-state index is -1.71. The molecule has 0 radical (unpaired) electrons. The van der Waals surface area contributed by atoms with Gasteiger partial charge in [0.05, 0.1) is 14.2 Å². The fourth-order valence-corrected chi connectivity index (χ4v) is 2.66. The molecular weight excluding hydrogens is 291 g/mol. The molecule has 0 amide bonds. The van der Waals surface area contributed by atoms with Crippen molar-refractivity contribution in [3.05, 3.63) is 35.6 Å². The number of rotatable bonds is 3. The molecule has 1 aromatic rings. The van der Waals surface area contributed by atoms with Crippen LogP contribution in [-0.2, 0) is 23.8 Å². The van der Waals surface area contributed by atoms with E-state index in [0.29, 0.717) is 5.56 Å². The molecule has 6 heteroatoms. The van der Waals surface area contributed by atoms with Gasteiger partial charge < -0.3 is 14.2 Å². The van der Waals surface area contributed by atoms with Gasteiger partial charge in [-0.05, 0) is 17.7 Å². The number of hydrogen-bond acceptors (Lipinski definition) is 5. The topological polar surface area (TPSA) is 61.8 Å². The predicted molar refractivity (Wildman–Crippen MR) is 73.9 cm³/mol. The van der Waals surface area contributed by atoms with Gasteiger partial charge >= 0.3 is 11.9 Å². The smallest absolute Gasteiger partial charge is 0.326 e. The van der Waals surface area contributed by atoms with Crippen LogP contribution in [0.2, 0.25) is 0 Å². The van der Waals surface area contributed by atoms with Crippen molar-refractivity contribution in [1.82, 2.24) is 0 Å². The van der Waals surface area contributed by atoms with Crippen LogP contribution in [0.4, 0.5) is 4.39 Å². The Labute approximate surface area is 127 Å². The maximum absolute atomic E-state index is 13.1. The van der Waals surface area contributed by atoms with Gasteiger partial charge in [-0.25, -0.2) is 4.39 Å². The normalized spacial score (nSPS) is 22.6. The average molecular weight is 306 g/mol. The minimum absolute atomic E-state index is 0.0646. The molecular formula is C16H15FO5. The Morgan fingerprint density at radius 1 is 1.27 bits per heavy atom. The van der Waals surface area contributed by atoms with Crippen LogP contribution in [0.3, 0.4) is 0 Å². The molecule has 2 atom stereocenters. The molecule has 1 heterocycles. The van der Waals surface area contributed by atoms with Crippen LogP contribution in [0.5, 0.6) is 0 Å². The van der Waals surface area contributed by atoms with Gasteiger partial charge in [-0.15, -0.1) is 6.42 Å². The summed E-state index contributed by atoms with van der Waals surface area (Å²) in [5.41, 5.74) is -1.27. The Morgan fingerprint density at radius 3 is 2.27 bits per heavy atom. The number of halogens is 1. The van der Waals surface area contributed by atoms with Crippen molar-refractivity contribution in [3.8, 4) is 12.3 Å². The first kappa shape index (κ1) is 16.0. The number of methoxy groups -OCH3 is 2. The van der Waals surface area contributed by atoms with Crippen LogP contribution in [0, 0.1) is 23.6 Å². The minimum Gasteiger partial charge on any atom is -0.468 e. The number of carbonyl (C=O) groups is 2. The lowest BCUT2D eigenvalue weighted by Crippen LogP contribution is -2.43. The van der Waals surface area contributed by atoms with Crippen LogP contribution >= 0.6 is 0 Å². The van der Waals surface area contributed by atoms with Crippen molar-refractivity contribution in [2.45, 2.75) is 18.6 Å². The number of benzene rings is 1. The molecule has 1 aromatic carbocycles. The van der Waals surface area contributed by atoms with Crippen LogP contribution in [0.25, 0.3) is 0 Å². The van der Waals surface area contributed by atoms with Crippen LogP contribution in [-0.4, -0.2) is 32.3 Å². The van der Waals surface area contributed by atoms with Crippen molar-refractivity contribution in [2.75, 3.05) is 14.2 Å². The molecule has 2 rings (SSSR count). The number of esters is 2. The summed E-state index contributed by atoms with van der Waals surface area (Å²) in [5.74, 6) is 0.329. The van der Waals surface area contributed by atoms with Crippen LogP contribution in [0.1, 0.15) is 18.1 Å². The van der Waals surface area contributed by atoms with E-state index in [1.54, 1.807) is 0 Å². The second kappa shape index (κ2) is 6.16. The molecule has 1 aliphatic rings. The van der Waals surface area contributed by atoms with E-state index in [0.717, 1.165) is 14.2 Å². The number of terminal acetylenes is 1. The van der Waals surface area contributed by atoms with Crippen LogP contribution < -0.4 is 0 Å². The lowest BCUT2D eigenvalue weighted by atomic mass is 9.77. The lowest BCUT2D eigenvalue weighted by molar-refractivity contribution is -0.173. The van der Waals surface area contributed by atoms with Gasteiger partial charge in [-0.1, -0.05) is 18.1 Å². The van der Waals surface area contributed by atoms with Gasteiger partial charge in [0.1, 0.15) is 18.0 Å². The fourth-order valence-electron chi connectivity index (χ4n) is 2.66. The first-order valence-electron chi connectivity index (χ1n) is 6.53. The molecule has 1 fully saturated rings. The molecule has 1 aliphatic heterocycles. The summed E-state index contributed by atoms with van der Waals surface area (Å²) in [6, 6.07) is 5.28. The molecule has 0 aromatic heterocycles. The molecule has 22 heavy (non-hydrogen) atoms. The second-order valence-corrected chi connectivity index (χ2v) is 4.88. The summed E-state index contributed by atoms with van der Waals surface area (Å²) >= 11 is 0. The Kier molecular flexibility index (Phi) is 4.48. The Bertz CT molecular complexity index is 600. The van der Waals surface area contributed by atoms with Crippen LogP contribution in [0.15, 0.2) is 24.3 Å². The molecule has 116 valence electrons. The van der Waals surface area contributed by atoms with Gasteiger partial charge in [0, 0.05) is 6.42 Å². The highest BCUT2D eigenvalue weighted by molar-refractivity contribution is 6.01. The maximum Gasteiger partial charge on any atom is 0.326 e. The molecule has 0 unspecified atom stereocenters. The zero-order chi connectivity index (χ0) is 16.3. The zero-order valence-electron chi connectivity index (χ0n) is 12.2. The highest BCUT2D eigenvalue weighted by atomic mass is 19.1. The third-order valence-corrected chi connectivity index (χ3v) is 3.71. The molecule has 0 aliphatic carbocycles. The van der Waals surface area contributed by atoms with Gasteiger partial charge in [0.2, 0.25) is 0 Å². The van der Waals surface area contributed by atoms with Crippen molar-refractivity contribution in [3.63, 3.8) is 0 Å². The van der Waals surface area contributed by atoms with Crippen molar-refractivity contribution < 1.29 is 28.2 Å². The SMILES string of the molecule is C#C[C@H]1CC(C(=O)OC)(C(=O)OC)[C@H](c2ccc(F)cc2)O1. The zero-order valence-corrected chi connectivity index (χ0v) is 12.2. The van der Waals surface area contributed by atoms with Gasteiger partial charge in [-0.2, -0.15) is 0 Å². The number of carbonyl (C=O) groups excluding carboxylic acids is 2. The predicted octanol–water partition coefficient (Wildman–Crippen LogP) is 1.62. The van der Waals surface area contributed by atoms with E-state index in [-0.39, 0.29) is 6.42 Å². The molecule has 1 saturated heterocycles. The summed E-state index contributed by atoms with van der Waals surface area (Å²) < 4.78 is 28.3. The van der Waals surface area contributed by atoms with Crippen molar-refractivity contribution >= 4 is 11.9 Å². The summed E-state index contributed by atoms with van der Waals surface area (Å²) in [5, 5.41) is 0. The third-order valence-electron chi connectivity index (χ3n) is 3.71. The molecule has 0 bridgehead atoms. The molecule has 0 N–H and O–H groups in total. The number of hydrogen-bond donors (Lipinski definition) is 0. The van der Waals surface area contributed by atoms with Gasteiger partial charge in [-0.3, -0.25) is 9.59 Å². The van der Waals surface area contributed by atoms with E-state index >= 15 is 0 Å². The Balaban J connectivity index is 2.56. The molecule has 0 saturated carbocycles. The van der Waals surface area contributed by atoms with E-state index in [1.165, 1.54) is 24.3 Å². The van der Waals surface area contributed by atoms with E-state index < -0.39 is 35.4 Å². The van der Waals surface area contributed by atoms with Gasteiger partial charge in [0.15, 0.2) is 5.41 Å². The van der Waals surface area contributed by atoms with E-state index in [1.807, 2.05) is 0 Å². The van der Waals surface area contributed by atoms with E-state index in [9.17, 15) is 14.0 Å². The fraction of sp³-hybridized carbons (Fsp3) is 0.375. The van der Waals surface area contributed by atoms with E-state index in [2.05, 4.69) is 5.92 Å². The molecule has 5 nitrogen and oxygen atoms in total. The first-order valence-corrected chi connectivity index (χ1v) is 6.53. The average Bonchev–Trinajstić information content (AvgIpc) is 2.95. The lowest BCUT2D eigenvalue weighted by Gasteiger charge is -2.28.